The third-order valence-electron chi connectivity index (χ3n) is 3.65. The number of thioether (sulfide) groups is 1. The Bertz CT molecular complexity index is 760. The molecule has 1 aromatic carbocycles. The highest BCUT2D eigenvalue weighted by molar-refractivity contribution is 8.17. The maximum Gasteiger partial charge on any atom is 0.168 e. The molecule has 2 aliphatic heterocycles. The summed E-state index contributed by atoms with van der Waals surface area (Å²) in [4.78, 5) is 8.32. The fraction of sp³-hybridized carbons (Fsp3) is 0.267. The van der Waals surface area contributed by atoms with Gasteiger partial charge in [-0.25, -0.2) is 0 Å². The van der Waals surface area contributed by atoms with Crippen molar-refractivity contribution >= 4 is 55.7 Å². The number of rotatable bonds is 2. The summed E-state index contributed by atoms with van der Waals surface area (Å²) in [5, 5.41) is 5.33. The zero-order valence-corrected chi connectivity index (χ0v) is 13.4. The number of amidine groups is 1. The number of allylic oxidation sites excluding steroid dienone is 1. The molecule has 0 saturated heterocycles. The molecule has 0 atom stereocenters. The number of aliphatic imine (C=N–C) groups is 1. The second-order valence-electron chi connectivity index (χ2n) is 4.84. The van der Waals surface area contributed by atoms with E-state index >= 15 is 0 Å². The van der Waals surface area contributed by atoms with Crippen LogP contribution in [0.4, 0.5) is 0 Å². The Morgan fingerprint density at radius 3 is 3.15 bits per heavy atom. The SMILES string of the molecule is CCC1=C(c2cc(Cl)c3sccc3c2)N2CCN=C2S1. The first-order chi connectivity index (χ1) is 9.78. The van der Waals surface area contributed by atoms with E-state index in [9.17, 15) is 0 Å². The lowest BCUT2D eigenvalue weighted by Gasteiger charge is -2.18. The van der Waals surface area contributed by atoms with Gasteiger partial charge in [0.05, 0.1) is 22.0 Å². The van der Waals surface area contributed by atoms with Crippen LogP contribution in [-0.2, 0) is 0 Å². The van der Waals surface area contributed by atoms with Crippen LogP contribution in [-0.4, -0.2) is 23.2 Å². The van der Waals surface area contributed by atoms with Crippen LogP contribution in [0.5, 0.6) is 0 Å². The Morgan fingerprint density at radius 1 is 1.40 bits per heavy atom. The number of halogens is 1. The van der Waals surface area contributed by atoms with E-state index in [1.807, 2.05) is 11.8 Å². The van der Waals surface area contributed by atoms with Gasteiger partial charge in [0.2, 0.25) is 0 Å². The summed E-state index contributed by atoms with van der Waals surface area (Å²) in [6, 6.07) is 6.50. The summed E-state index contributed by atoms with van der Waals surface area (Å²) in [5.41, 5.74) is 2.53. The van der Waals surface area contributed by atoms with E-state index in [0.29, 0.717) is 0 Å². The van der Waals surface area contributed by atoms with Crippen LogP contribution in [0.1, 0.15) is 18.9 Å². The van der Waals surface area contributed by atoms with Crippen LogP contribution < -0.4 is 0 Å². The summed E-state index contributed by atoms with van der Waals surface area (Å²) >= 11 is 9.96. The zero-order chi connectivity index (χ0) is 13.7. The van der Waals surface area contributed by atoms with E-state index in [2.05, 4.69) is 40.4 Å². The second-order valence-corrected chi connectivity index (χ2v) is 7.23. The molecule has 20 heavy (non-hydrogen) atoms. The second kappa shape index (κ2) is 4.79. The summed E-state index contributed by atoms with van der Waals surface area (Å²) in [6.07, 6.45) is 1.04. The number of nitrogens with zero attached hydrogens (tertiary/aromatic N) is 2. The molecule has 0 unspecified atom stereocenters. The molecule has 2 aliphatic rings. The van der Waals surface area contributed by atoms with Crippen LogP contribution in [0.3, 0.4) is 0 Å². The van der Waals surface area contributed by atoms with Crippen molar-refractivity contribution in [3.8, 4) is 0 Å². The summed E-state index contributed by atoms with van der Waals surface area (Å²) in [5.74, 6) is 0. The van der Waals surface area contributed by atoms with E-state index in [4.69, 9.17) is 11.6 Å². The average molecular weight is 321 g/mol. The highest BCUT2D eigenvalue weighted by atomic mass is 35.5. The quantitative estimate of drug-likeness (QED) is 0.769. The van der Waals surface area contributed by atoms with Gasteiger partial charge in [-0.1, -0.05) is 30.3 Å². The molecular weight excluding hydrogens is 308 g/mol. The topological polar surface area (TPSA) is 15.6 Å². The molecule has 0 spiro atoms. The standard InChI is InChI=1S/C15H13ClN2S2/c1-2-12-13(18-5-4-17-15(18)20-12)10-7-9-3-6-19-14(9)11(16)8-10/h3,6-8H,2,4-5H2,1H3. The molecule has 3 heterocycles. The van der Waals surface area contributed by atoms with Crippen molar-refractivity contribution in [1.29, 1.82) is 0 Å². The van der Waals surface area contributed by atoms with E-state index < -0.39 is 0 Å². The van der Waals surface area contributed by atoms with Crippen molar-refractivity contribution in [2.24, 2.45) is 4.99 Å². The van der Waals surface area contributed by atoms with Gasteiger partial charge in [-0.3, -0.25) is 4.99 Å². The minimum atomic E-state index is 0.852. The molecule has 102 valence electrons. The van der Waals surface area contributed by atoms with Crippen LogP contribution in [0.15, 0.2) is 33.5 Å². The lowest BCUT2D eigenvalue weighted by Crippen LogP contribution is -2.20. The van der Waals surface area contributed by atoms with Gasteiger partial charge >= 0.3 is 0 Å². The van der Waals surface area contributed by atoms with Gasteiger partial charge in [0.25, 0.3) is 0 Å². The molecule has 0 saturated carbocycles. The normalized spacial score (nSPS) is 18.1. The zero-order valence-electron chi connectivity index (χ0n) is 11.0. The first kappa shape index (κ1) is 12.7. The number of thiophene rings is 1. The first-order valence-electron chi connectivity index (χ1n) is 6.68. The van der Waals surface area contributed by atoms with E-state index in [0.717, 1.165) is 29.7 Å². The monoisotopic (exact) mass is 320 g/mol. The first-order valence-corrected chi connectivity index (χ1v) is 8.75. The number of fused-ring (bicyclic) bond motifs is 2. The summed E-state index contributed by atoms with van der Waals surface area (Å²) < 4.78 is 1.18. The highest BCUT2D eigenvalue weighted by Crippen LogP contribution is 2.44. The van der Waals surface area contributed by atoms with Crippen LogP contribution >= 0.6 is 34.7 Å². The predicted octanol–water partition coefficient (Wildman–Crippen LogP) is 5.05. The van der Waals surface area contributed by atoms with Crippen molar-refractivity contribution < 1.29 is 0 Å². The van der Waals surface area contributed by atoms with Crippen molar-refractivity contribution in [2.75, 3.05) is 13.1 Å². The third kappa shape index (κ3) is 1.82. The molecule has 1 aromatic heterocycles. The van der Waals surface area contributed by atoms with Crippen LogP contribution in [0.2, 0.25) is 5.02 Å². The lowest BCUT2D eigenvalue weighted by atomic mass is 10.1. The van der Waals surface area contributed by atoms with Crippen LogP contribution in [0.25, 0.3) is 15.8 Å². The largest absolute Gasteiger partial charge is 0.318 e. The molecule has 0 N–H and O–H groups in total. The van der Waals surface area contributed by atoms with Gasteiger partial charge in [0, 0.05) is 17.0 Å². The maximum atomic E-state index is 6.45. The minimum Gasteiger partial charge on any atom is -0.318 e. The Morgan fingerprint density at radius 2 is 2.30 bits per heavy atom. The third-order valence-corrected chi connectivity index (χ3v) is 6.28. The summed E-state index contributed by atoms with van der Waals surface area (Å²) in [7, 11) is 0. The molecule has 0 amide bonds. The molecule has 0 bridgehead atoms. The van der Waals surface area contributed by atoms with Gasteiger partial charge < -0.3 is 4.90 Å². The van der Waals surface area contributed by atoms with Gasteiger partial charge in [-0.05, 0) is 35.4 Å². The smallest absolute Gasteiger partial charge is 0.168 e. The molecule has 0 aliphatic carbocycles. The van der Waals surface area contributed by atoms with Gasteiger partial charge in [-0.2, -0.15) is 0 Å². The van der Waals surface area contributed by atoms with E-state index in [1.54, 1.807) is 11.3 Å². The Hall–Kier alpha value is -0.970. The minimum absolute atomic E-state index is 0.852. The van der Waals surface area contributed by atoms with Gasteiger partial charge in [0.15, 0.2) is 5.17 Å². The number of hydrogen-bond donors (Lipinski definition) is 0. The lowest BCUT2D eigenvalue weighted by molar-refractivity contribution is 0.647. The van der Waals surface area contributed by atoms with Crippen molar-refractivity contribution in [1.82, 2.24) is 4.90 Å². The molecule has 0 fully saturated rings. The van der Waals surface area contributed by atoms with E-state index in [1.165, 1.54) is 26.3 Å². The number of benzene rings is 1. The van der Waals surface area contributed by atoms with Crippen molar-refractivity contribution in [3.63, 3.8) is 0 Å². The maximum absolute atomic E-state index is 6.45. The molecule has 2 aromatic rings. The average Bonchev–Trinajstić information content (AvgIpc) is 3.12. The van der Waals surface area contributed by atoms with Crippen molar-refractivity contribution in [2.45, 2.75) is 13.3 Å². The Labute approximate surface area is 131 Å². The molecule has 0 radical (unpaired) electrons. The Balaban J connectivity index is 1.90. The molecular formula is C15H13ClN2S2. The fourth-order valence-electron chi connectivity index (χ4n) is 2.76. The molecule has 5 heteroatoms. The summed E-state index contributed by atoms with van der Waals surface area (Å²) in [6.45, 7) is 4.09. The highest BCUT2D eigenvalue weighted by Gasteiger charge is 2.32. The molecule has 2 nitrogen and oxygen atoms in total. The van der Waals surface area contributed by atoms with Gasteiger partial charge in [0.1, 0.15) is 0 Å². The predicted molar refractivity (Wildman–Crippen MR) is 90.6 cm³/mol. The van der Waals surface area contributed by atoms with Crippen molar-refractivity contribution in [3.05, 3.63) is 39.1 Å². The molecule has 4 rings (SSSR count). The van der Waals surface area contributed by atoms with Crippen LogP contribution in [0, 0.1) is 0 Å². The van der Waals surface area contributed by atoms with Gasteiger partial charge in [-0.15, -0.1) is 11.3 Å². The Kier molecular flexibility index (Phi) is 3.05. The number of hydrogen-bond acceptors (Lipinski definition) is 4. The fourth-order valence-corrected chi connectivity index (χ4v) is 5.05. The van der Waals surface area contributed by atoms with E-state index in [-0.39, 0.29) is 0 Å².